The van der Waals surface area contributed by atoms with Crippen LogP contribution in [0.1, 0.15) is 34.9 Å². The molecule has 22 heavy (non-hydrogen) atoms. The van der Waals surface area contributed by atoms with Crippen molar-refractivity contribution in [2.45, 2.75) is 37.5 Å². The van der Waals surface area contributed by atoms with Gasteiger partial charge in [-0.15, -0.1) is 11.3 Å². The van der Waals surface area contributed by atoms with Crippen LogP contribution in [0, 0.1) is 13.8 Å². The molecule has 1 aliphatic heterocycles. The molecule has 2 heterocycles. The van der Waals surface area contributed by atoms with Crippen molar-refractivity contribution in [2.75, 3.05) is 13.1 Å². The van der Waals surface area contributed by atoms with Crippen LogP contribution in [-0.2, 0) is 10.0 Å². The van der Waals surface area contributed by atoms with Crippen molar-refractivity contribution in [2.24, 2.45) is 0 Å². The summed E-state index contributed by atoms with van der Waals surface area (Å²) < 4.78 is 27.4. The average molecular weight is 336 g/mol. The fraction of sp³-hybridized carbons (Fsp3) is 0.438. The lowest BCUT2D eigenvalue weighted by Crippen LogP contribution is -2.38. The van der Waals surface area contributed by atoms with E-state index in [2.05, 4.69) is 4.98 Å². The van der Waals surface area contributed by atoms with Gasteiger partial charge in [0.15, 0.2) is 0 Å². The summed E-state index contributed by atoms with van der Waals surface area (Å²) in [6, 6.07) is 5.60. The molecule has 6 heteroatoms. The van der Waals surface area contributed by atoms with Gasteiger partial charge in [-0.2, -0.15) is 4.31 Å². The minimum atomic E-state index is -3.39. The summed E-state index contributed by atoms with van der Waals surface area (Å²) in [5.41, 5.74) is 1.79. The number of sulfonamides is 1. The second-order valence-electron chi connectivity index (χ2n) is 5.82. The van der Waals surface area contributed by atoms with E-state index in [1.807, 2.05) is 37.6 Å². The average Bonchev–Trinajstić information content (AvgIpc) is 3.04. The topological polar surface area (TPSA) is 50.3 Å². The Hall–Kier alpha value is -1.24. The van der Waals surface area contributed by atoms with Gasteiger partial charge < -0.3 is 0 Å². The predicted molar refractivity (Wildman–Crippen MR) is 88.8 cm³/mol. The van der Waals surface area contributed by atoms with Crippen LogP contribution in [0.2, 0.25) is 0 Å². The molecule has 0 spiro atoms. The first-order valence-corrected chi connectivity index (χ1v) is 9.77. The monoisotopic (exact) mass is 336 g/mol. The van der Waals surface area contributed by atoms with Crippen LogP contribution in [0.4, 0.5) is 0 Å². The fourth-order valence-corrected chi connectivity index (χ4v) is 5.49. The Labute approximate surface area is 135 Å². The Balaban J connectivity index is 1.79. The summed E-state index contributed by atoms with van der Waals surface area (Å²) in [6.45, 7) is 4.92. The Kier molecular flexibility index (Phi) is 4.34. The molecule has 0 N–H and O–H groups in total. The lowest BCUT2D eigenvalue weighted by atomic mass is 9.99. The molecule has 1 aromatic heterocycles. The molecule has 2 aromatic rings. The molecule has 0 amide bonds. The molecule has 1 aliphatic rings. The minimum absolute atomic E-state index is 0.394. The van der Waals surface area contributed by atoms with Crippen LogP contribution in [0.5, 0.6) is 0 Å². The largest absolute Gasteiger partial charge is 0.249 e. The SMILES string of the molecule is Cc1ccc(C)c(S(=O)(=O)N2CCC(c3nccs3)CC2)c1. The van der Waals surface area contributed by atoms with E-state index in [0.29, 0.717) is 23.9 Å². The molecule has 0 atom stereocenters. The molecule has 0 bridgehead atoms. The zero-order valence-electron chi connectivity index (χ0n) is 12.8. The van der Waals surface area contributed by atoms with E-state index in [0.717, 1.165) is 29.0 Å². The number of thiazole rings is 1. The third-order valence-electron chi connectivity index (χ3n) is 4.22. The van der Waals surface area contributed by atoms with Crippen LogP contribution in [0.3, 0.4) is 0 Å². The Morgan fingerprint density at radius 3 is 2.59 bits per heavy atom. The van der Waals surface area contributed by atoms with Gasteiger partial charge in [0.25, 0.3) is 0 Å². The molecule has 1 saturated heterocycles. The van der Waals surface area contributed by atoms with E-state index in [1.165, 1.54) is 0 Å². The normalized spacial score (nSPS) is 17.7. The maximum Gasteiger partial charge on any atom is 0.243 e. The number of rotatable bonds is 3. The fourth-order valence-electron chi connectivity index (χ4n) is 2.90. The van der Waals surface area contributed by atoms with Crippen LogP contribution < -0.4 is 0 Å². The van der Waals surface area contributed by atoms with Gasteiger partial charge in [0.1, 0.15) is 0 Å². The summed E-state index contributed by atoms with van der Waals surface area (Å²) in [5.74, 6) is 0.394. The summed E-state index contributed by atoms with van der Waals surface area (Å²) in [5, 5.41) is 3.11. The second kappa shape index (κ2) is 6.10. The summed E-state index contributed by atoms with van der Waals surface area (Å²) in [4.78, 5) is 4.81. The molecule has 3 rings (SSSR count). The van der Waals surface area contributed by atoms with E-state index in [9.17, 15) is 8.42 Å². The smallest absolute Gasteiger partial charge is 0.243 e. The van der Waals surface area contributed by atoms with E-state index < -0.39 is 10.0 Å². The number of aromatic nitrogens is 1. The van der Waals surface area contributed by atoms with Gasteiger partial charge in [-0.25, -0.2) is 13.4 Å². The standard InChI is InChI=1S/C16H20N2O2S2/c1-12-3-4-13(2)15(11-12)22(19,20)18-8-5-14(6-9-18)16-17-7-10-21-16/h3-4,7,10-11,14H,5-6,8-9H2,1-2H3. The maximum atomic E-state index is 12.9. The number of hydrogen-bond donors (Lipinski definition) is 0. The molecule has 0 unspecified atom stereocenters. The van der Waals surface area contributed by atoms with Gasteiger partial charge in [0.2, 0.25) is 10.0 Å². The first-order chi connectivity index (χ1) is 10.5. The molecule has 0 radical (unpaired) electrons. The van der Waals surface area contributed by atoms with Crippen molar-refractivity contribution in [3.8, 4) is 0 Å². The summed E-state index contributed by atoms with van der Waals surface area (Å²) in [6.07, 6.45) is 3.51. The van der Waals surface area contributed by atoms with E-state index in [1.54, 1.807) is 21.7 Å². The van der Waals surface area contributed by atoms with Crippen LogP contribution >= 0.6 is 11.3 Å². The number of nitrogens with zero attached hydrogens (tertiary/aromatic N) is 2. The van der Waals surface area contributed by atoms with E-state index in [4.69, 9.17) is 0 Å². The Bertz CT molecular complexity index is 746. The minimum Gasteiger partial charge on any atom is -0.249 e. The highest BCUT2D eigenvalue weighted by Crippen LogP contribution is 2.32. The van der Waals surface area contributed by atoms with Crippen LogP contribution in [0.15, 0.2) is 34.7 Å². The molecule has 0 saturated carbocycles. The van der Waals surface area contributed by atoms with Gasteiger partial charge in [0, 0.05) is 30.6 Å². The zero-order valence-corrected chi connectivity index (χ0v) is 14.5. The quantitative estimate of drug-likeness (QED) is 0.864. The zero-order chi connectivity index (χ0) is 15.7. The number of hydrogen-bond acceptors (Lipinski definition) is 4. The number of aryl methyl sites for hydroxylation is 2. The third-order valence-corrected chi connectivity index (χ3v) is 7.19. The molecule has 1 fully saturated rings. The van der Waals surface area contributed by atoms with Crippen molar-refractivity contribution >= 4 is 21.4 Å². The molecular weight excluding hydrogens is 316 g/mol. The van der Waals surface area contributed by atoms with Crippen LogP contribution in [0.25, 0.3) is 0 Å². The molecule has 118 valence electrons. The van der Waals surface area contributed by atoms with Crippen molar-refractivity contribution in [1.82, 2.24) is 9.29 Å². The molecule has 4 nitrogen and oxygen atoms in total. The lowest BCUT2D eigenvalue weighted by molar-refractivity contribution is 0.319. The van der Waals surface area contributed by atoms with Crippen molar-refractivity contribution < 1.29 is 8.42 Å². The summed E-state index contributed by atoms with van der Waals surface area (Å²) in [7, 11) is -3.39. The van der Waals surface area contributed by atoms with Gasteiger partial charge in [-0.05, 0) is 43.9 Å². The lowest BCUT2D eigenvalue weighted by Gasteiger charge is -2.30. The Morgan fingerprint density at radius 2 is 1.95 bits per heavy atom. The van der Waals surface area contributed by atoms with Crippen molar-refractivity contribution in [3.05, 3.63) is 45.9 Å². The predicted octanol–water partition coefficient (Wildman–Crippen LogP) is 3.33. The van der Waals surface area contributed by atoms with Gasteiger partial charge in [-0.3, -0.25) is 0 Å². The highest BCUT2D eigenvalue weighted by atomic mass is 32.2. The molecular formula is C16H20N2O2S2. The second-order valence-corrected chi connectivity index (χ2v) is 8.65. The van der Waals surface area contributed by atoms with E-state index in [-0.39, 0.29) is 0 Å². The number of benzene rings is 1. The van der Waals surface area contributed by atoms with Gasteiger partial charge in [0.05, 0.1) is 9.90 Å². The highest BCUT2D eigenvalue weighted by Gasteiger charge is 2.31. The summed E-state index contributed by atoms with van der Waals surface area (Å²) >= 11 is 1.66. The highest BCUT2D eigenvalue weighted by molar-refractivity contribution is 7.89. The molecule has 1 aromatic carbocycles. The Morgan fingerprint density at radius 1 is 1.23 bits per heavy atom. The van der Waals surface area contributed by atoms with E-state index >= 15 is 0 Å². The number of piperidine rings is 1. The molecule has 0 aliphatic carbocycles. The first-order valence-electron chi connectivity index (χ1n) is 7.45. The van der Waals surface area contributed by atoms with Gasteiger partial charge in [-0.1, -0.05) is 12.1 Å². The van der Waals surface area contributed by atoms with Crippen LogP contribution in [-0.4, -0.2) is 30.8 Å². The van der Waals surface area contributed by atoms with Crippen molar-refractivity contribution in [1.29, 1.82) is 0 Å². The van der Waals surface area contributed by atoms with Gasteiger partial charge >= 0.3 is 0 Å². The first kappa shape index (κ1) is 15.6. The maximum absolute atomic E-state index is 12.9. The third kappa shape index (κ3) is 2.95. The van der Waals surface area contributed by atoms with Crippen molar-refractivity contribution in [3.63, 3.8) is 0 Å².